The highest BCUT2D eigenvalue weighted by molar-refractivity contribution is 7.99. The number of halogens is 3. The van der Waals surface area contributed by atoms with Gasteiger partial charge in [0.25, 0.3) is 0 Å². The molecule has 0 aliphatic carbocycles. The van der Waals surface area contributed by atoms with E-state index in [1.807, 2.05) is 0 Å². The van der Waals surface area contributed by atoms with Gasteiger partial charge in [0.1, 0.15) is 0 Å². The predicted octanol–water partition coefficient (Wildman–Crippen LogP) is 4.18. The highest BCUT2D eigenvalue weighted by Crippen LogP contribution is 2.36. The molecule has 126 valence electrons. The van der Waals surface area contributed by atoms with E-state index in [1.54, 1.807) is 24.3 Å². The summed E-state index contributed by atoms with van der Waals surface area (Å²) in [6.07, 6.45) is -4.91. The molecule has 4 nitrogen and oxygen atoms in total. The molecule has 2 rings (SSSR count). The highest BCUT2D eigenvalue weighted by atomic mass is 32.2. The van der Waals surface area contributed by atoms with E-state index in [-0.39, 0.29) is 11.3 Å². The van der Waals surface area contributed by atoms with E-state index < -0.39 is 29.2 Å². The van der Waals surface area contributed by atoms with Crippen molar-refractivity contribution in [2.75, 3.05) is 0 Å². The minimum absolute atomic E-state index is 0.142. The molecule has 0 saturated heterocycles. The third-order valence-electron chi connectivity index (χ3n) is 3.04. The van der Waals surface area contributed by atoms with Crippen LogP contribution in [0.5, 0.6) is 0 Å². The second kappa shape index (κ2) is 6.96. The summed E-state index contributed by atoms with van der Waals surface area (Å²) < 4.78 is 38.9. The largest absolute Gasteiger partial charge is 0.481 e. The van der Waals surface area contributed by atoms with E-state index in [0.29, 0.717) is 10.5 Å². The molecule has 0 spiro atoms. The van der Waals surface area contributed by atoms with Gasteiger partial charge in [-0.05, 0) is 35.9 Å². The van der Waals surface area contributed by atoms with Crippen LogP contribution in [0.3, 0.4) is 0 Å². The molecule has 0 saturated carbocycles. The van der Waals surface area contributed by atoms with Gasteiger partial charge in [-0.25, -0.2) is 4.79 Å². The molecule has 0 heterocycles. The topological polar surface area (TPSA) is 74.6 Å². The molecule has 8 heteroatoms. The lowest BCUT2D eigenvalue weighted by atomic mass is 10.1. The van der Waals surface area contributed by atoms with Crippen molar-refractivity contribution in [2.45, 2.75) is 22.4 Å². The van der Waals surface area contributed by atoms with Crippen molar-refractivity contribution >= 4 is 23.7 Å². The number of carbonyl (C=O) groups is 2. The Labute approximate surface area is 138 Å². The van der Waals surface area contributed by atoms with Gasteiger partial charge in [-0.3, -0.25) is 4.79 Å². The Balaban J connectivity index is 2.27. The van der Waals surface area contributed by atoms with E-state index in [0.717, 1.165) is 23.9 Å². The van der Waals surface area contributed by atoms with Gasteiger partial charge in [0.05, 0.1) is 17.5 Å². The molecule has 2 aromatic rings. The SMILES string of the molecule is O=C(O)Cc1ccc(Sc2ccc(C(=O)O)c(C(F)(F)F)c2)cc1. The van der Waals surface area contributed by atoms with Crippen molar-refractivity contribution in [1.82, 2.24) is 0 Å². The van der Waals surface area contributed by atoms with Crippen molar-refractivity contribution in [3.8, 4) is 0 Å². The molecule has 0 aromatic heterocycles. The fourth-order valence-corrected chi connectivity index (χ4v) is 2.85. The number of carboxylic acids is 2. The Kier molecular flexibility index (Phi) is 5.18. The molecule has 0 aliphatic heterocycles. The van der Waals surface area contributed by atoms with Crippen molar-refractivity contribution in [2.24, 2.45) is 0 Å². The lowest BCUT2D eigenvalue weighted by molar-refractivity contribution is -0.138. The summed E-state index contributed by atoms with van der Waals surface area (Å²) in [5, 5.41) is 17.5. The number of benzene rings is 2. The third-order valence-corrected chi connectivity index (χ3v) is 4.04. The van der Waals surface area contributed by atoms with Crippen molar-refractivity contribution in [3.05, 3.63) is 59.2 Å². The molecule has 0 unspecified atom stereocenters. The van der Waals surface area contributed by atoms with Gasteiger partial charge in [0.15, 0.2) is 0 Å². The summed E-state index contributed by atoms with van der Waals surface area (Å²) in [5.41, 5.74) is -1.43. The van der Waals surface area contributed by atoms with Crippen LogP contribution in [-0.2, 0) is 17.4 Å². The van der Waals surface area contributed by atoms with Gasteiger partial charge in [0, 0.05) is 9.79 Å². The monoisotopic (exact) mass is 356 g/mol. The Morgan fingerprint density at radius 2 is 1.54 bits per heavy atom. The van der Waals surface area contributed by atoms with Crippen molar-refractivity contribution in [1.29, 1.82) is 0 Å². The minimum Gasteiger partial charge on any atom is -0.481 e. The van der Waals surface area contributed by atoms with Gasteiger partial charge in [-0.2, -0.15) is 13.2 Å². The summed E-state index contributed by atoms with van der Waals surface area (Å²) >= 11 is 1.03. The molecule has 2 aromatic carbocycles. The molecular formula is C16H11F3O4S. The zero-order chi connectivity index (χ0) is 17.9. The standard InChI is InChI=1S/C16H11F3O4S/c17-16(18,19)13-8-11(5-6-12(13)15(22)23)24-10-3-1-9(2-4-10)7-14(20)21/h1-6,8H,7H2,(H,20,21)(H,22,23). The second-order valence-corrected chi connectivity index (χ2v) is 5.97. The number of rotatable bonds is 5. The quantitative estimate of drug-likeness (QED) is 0.841. The third kappa shape index (κ3) is 4.51. The van der Waals surface area contributed by atoms with E-state index in [9.17, 15) is 22.8 Å². The highest BCUT2D eigenvalue weighted by Gasteiger charge is 2.35. The zero-order valence-corrected chi connectivity index (χ0v) is 12.8. The summed E-state index contributed by atoms with van der Waals surface area (Å²) in [6, 6.07) is 9.36. The predicted molar refractivity (Wildman–Crippen MR) is 80.3 cm³/mol. The van der Waals surface area contributed by atoms with E-state index in [1.165, 1.54) is 6.07 Å². The number of aliphatic carboxylic acids is 1. The van der Waals surface area contributed by atoms with Crippen LogP contribution in [0.15, 0.2) is 52.3 Å². The summed E-state index contributed by atoms with van der Waals surface area (Å²) in [5.74, 6) is -2.62. The van der Waals surface area contributed by atoms with Crippen LogP contribution in [0.2, 0.25) is 0 Å². The number of aromatic carboxylic acids is 1. The lowest BCUT2D eigenvalue weighted by Crippen LogP contribution is -2.12. The molecule has 0 fully saturated rings. The average molecular weight is 356 g/mol. The summed E-state index contributed by atoms with van der Waals surface area (Å²) in [4.78, 5) is 22.4. The smallest absolute Gasteiger partial charge is 0.417 e. The summed E-state index contributed by atoms with van der Waals surface area (Å²) in [7, 11) is 0. The molecular weight excluding hydrogens is 345 g/mol. The molecule has 0 atom stereocenters. The minimum atomic E-state index is -4.77. The number of alkyl halides is 3. The van der Waals surface area contributed by atoms with Crippen molar-refractivity contribution < 1.29 is 33.0 Å². The fourth-order valence-electron chi connectivity index (χ4n) is 1.99. The van der Waals surface area contributed by atoms with Crippen LogP contribution in [0, 0.1) is 0 Å². The van der Waals surface area contributed by atoms with Crippen LogP contribution in [-0.4, -0.2) is 22.2 Å². The normalized spacial score (nSPS) is 11.3. The van der Waals surface area contributed by atoms with Gasteiger partial charge >= 0.3 is 18.1 Å². The fraction of sp³-hybridized carbons (Fsp3) is 0.125. The van der Waals surface area contributed by atoms with Gasteiger partial charge in [-0.1, -0.05) is 23.9 Å². The first-order valence-corrected chi connectivity index (χ1v) is 7.41. The maximum atomic E-state index is 13.0. The van der Waals surface area contributed by atoms with Crippen LogP contribution >= 0.6 is 11.8 Å². The average Bonchev–Trinajstić information content (AvgIpc) is 2.47. The zero-order valence-electron chi connectivity index (χ0n) is 12.0. The van der Waals surface area contributed by atoms with Crippen LogP contribution < -0.4 is 0 Å². The molecule has 0 aliphatic rings. The molecule has 0 bridgehead atoms. The second-order valence-electron chi connectivity index (χ2n) is 4.83. The molecule has 0 radical (unpaired) electrons. The van der Waals surface area contributed by atoms with Crippen LogP contribution in [0.1, 0.15) is 21.5 Å². The number of hydrogen-bond donors (Lipinski definition) is 2. The van der Waals surface area contributed by atoms with Gasteiger partial charge < -0.3 is 10.2 Å². The maximum Gasteiger partial charge on any atom is 0.417 e. The number of hydrogen-bond acceptors (Lipinski definition) is 3. The first-order chi connectivity index (χ1) is 11.2. The van der Waals surface area contributed by atoms with Crippen molar-refractivity contribution in [3.63, 3.8) is 0 Å². The van der Waals surface area contributed by atoms with E-state index in [2.05, 4.69) is 0 Å². The van der Waals surface area contributed by atoms with E-state index in [4.69, 9.17) is 10.2 Å². The lowest BCUT2D eigenvalue weighted by Gasteiger charge is -2.12. The Morgan fingerprint density at radius 3 is 2.04 bits per heavy atom. The molecule has 0 amide bonds. The maximum absolute atomic E-state index is 13.0. The Bertz CT molecular complexity index is 770. The molecule has 24 heavy (non-hydrogen) atoms. The first-order valence-electron chi connectivity index (χ1n) is 6.60. The molecule has 2 N–H and O–H groups in total. The number of carboxylic acid groups (broad SMARTS) is 2. The Hall–Kier alpha value is -2.48. The van der Waals surface area contributed by atoms with E-state index >= 15 is 0 Å². The van der Waals surface area contributed by atoms with Gasteiger partial charge in [0.2, 0.25) is 0 Å². The Morgan fingerprint density at radius 1 is 0.958 bits per heavy atom. The first kappa shape index (κ1) is 17.9. The van der Waals surface area contributed by atoms with Crippen LogP contribution in [0.25, 0.3) is 0 Å². The van der Waals surface area contributed by atoms with Crippen LogP contribution in [0.4, 0.5) is 13.2 Å². The van der Waals surface area contributed by atoms with Gasteiger partial charge in [-0.15, -0.1) is 0 Å². The summed E-state index contributed by atoms with van der Waals surface area (Å²) in [6.45, 7) is 0.